The topological polar surface area (TPSA) is 59.9 Å². The lowest BCUT2D eigenvalue weighted by Gasteiger charge is -2.36. The lowest BCUT2D eigenvalue weighted by atomic mass is 9.89. The van der Waals surface area contributed by atoms with Crippen LogP contribution in [0.1, 0.15) is 27.7 Å². The summed E-state index contributed by atoms with van der Waals surface area (Å²) in [5.74, 6) is 1.03. The van der Waals surface area contributed by atoms with E-state index in [9.17, 15) is 5.11 Å². The van der Waals surface area contributed by atoms with Crippen molar-refractivity contribution in [2.45, 2.75) is 38.9 Å². The van der Waals surface area contributed by atoms with Gasteiger partial charge in [-0.1, -0.05) is 0 Å². The summed E-state index contributed by atoms with van der Waals surface area (Å²) < 4.78 is 12.6. The minimum Gasteiger partial charge on any atom is -0.468 e. The smallest absolute Gasteiger partial charge is 0.308 e. The third-order valence-corrected chi connectivity index (χ3v) is 2.95. The quantitative estimate of drug-likeness (QED) is 0.798. The molecule has 0 amide bonds. The minimum absolute atomic E-state index is 0. The normalized spacial score (nSPS) is 12.5. The highest BCUT2D eigenvalue weighted by Gasteiger charge is 2.38. The van der Waals surface area contributed by atoms with Crippen LogP contribution in [0.3, 0.4) is 0 Å². The molecule has 0 radical (unpaired) electrons. The van der Waals surface area contributed by atoms with E-state index in [1.165, 1.54) is 6.26 Å². The van der Waals surface area contributed by atoms with Gasteiger partial charge in [-0.15, -0.1) is 0 Å². The van der Waals surface area contributed by atoms with Gasteiger partial charge in [0.05, 0.1) is 26.4 Å². The van der Waals surface area contributed by atoms with E-state index in [-0.39, 0.29) is 8.41 Å². The third-order valence-electron chi connectivity index (χ3n) is 2.95. The van der Waals surface area contributed by atoms with Crippen LogP contribution in [0.25, 0.3) is 5.84 Å². The summed E-state index contributed by atoms with van der Waals surface area (Å²) in [6.07, 6.45) is 4.83. The summed E-state index contributed by atoms with van der Waals surface area (Å²) in [6, 6.07) is 0. The Morgan fingerprint density at radius 3 is 2.59 bits per heavy atom. The maximum absolute atomic E-state index is 9.99. The van der Waals surface area contributed by atoms with E-state index < -0.39 is 11.2 Å². The fourth-order valence-corrected chi connectivity index (χ4v) is 1.17. The summed E-state index contributed by atoms with van der Waals surface area (Å²) in [6.45, 7) is 7.07. The number of fused-ring (bicyclic) bond motifs is 1. The van der Waals surface area contributed by atoms with Crippen LogP contribution >= 0.6 is 0 Å². The van der Waals surface area contributed by atoms with Crippen LogP contribution in [0, 0.1) is 0 Å². The van der Waals surface area contributed by atoms with Gasteiger partial charge in [-0.25, -0.2) is 4.40 Å². The van der Waals surface area contributed by atoms with Crippen molar-refractivity contribution in [3.63, 3.8) is 0 Å². The first-order chi connectivity index (χ1) is 7.31. The van der Waals surface area contributed by atoms with Crippen molar-refractivity contribution >= 4 is 14.3 Å². The van der Waals surface area contributed by atoms with Gasteiger partial charge in [0.15, 0.2) is 0 Å². The van der Waals surface area contributed by atoms with Gasteiger partial charge < -0.3 is 14.3 Å². The molecule has 0 unspecified atom stereocenters. The number of hydrogen-bond acceptors (Lipinski definition) is 4. The molecule has 17 heavy (non-hydrogen) atoms. The van der Waals surface area contributed by atoms with E-state index in [4.69, 9.17) is 9.15 Å². The number of imidazole rings is 1. The van der Waals surface area contributed by atoms with Crippen molar-refractivity contribution in [2.75, 3.05) is 0 Å². The van der Waals surface area contributed by atoms with Crippen molar-refractivity contribution in [2.24, 2.45) is 0 Å². The summed E-state index contributed by atoms with van der Waals surface area (Å²) in [7, 11) is 0. The second kappa shape index (κ2) is 4.11. The number of aliphatic hydroxyl groups is 1. The first-order valence-corrected chi connectivity index (χ1v) is 5.13. The van der Waals surface area contributed by atoms with Crippen LogP contribution in [-0.4, -0.2) is 34.1 Å². The first-order valence-electron chi connectivity index (χ1n) is 5.13. The monoisotopic (exact) mass is 238 g/mol. The fourth-order valence-electron chi connectivity index (χ4n) is 1.17. The molecule has 0 bridgehead atoms. The molecule has 0 spiro atoms. The van der Waals surface area contributed by atoms with Crippen LogP contribution in [-0.2, 0) is 0 Å². The van der Waals surface area contributed by atoms with Crippen molar-refractivity contribution in [1.29, 1.82) is 0 Å². The van der Waals surface area contributed by atoms with Gasteiger partial charge in [0.25, 0.3) is 0 Å². The molecule has 2 heterocycles. The molecule has 0 saturated heterocycles. The number of ether oxygens (including phenoxy) is 1. The Hall–Kier alpha value is -1.43. The molecule has 0 aliphatic heterocycles. The molecular formula is C11H19BN2O3. The molecule has 0 atom stereocenters. The van der Waals surface area contributed by atoms with Crippen molar-refractivity contribution in [3.8, 4) is 5.88 Å². The number of oxazole rings is 1. The molecule has 0 fully saturated rings. The molecule has 1 N–H and O–H groups in total. The van der Waals surface area contributed by atoms with Gasteiger partial charge in [-0.3, -0.25) is 0 Å². The highest BCUT2D eigenvalue weighted by molar-refractivity contribution is 5.75. The Morgan fingerprint density at radius 1 is 1.35 bits per heavy atom. The molecule has 0 saturated carbocycles. The zero-order valence-corrected chi connectivity index (χ0v) is 9.89. The molecule has 2 aromatic rings. The van der Waals surface area contributed by atoms with Crippen LogP contribution < -0.4 is 4.74 Å². The van der Waals surface area contributed by atoms with Gasteiger partial charge >= 0.3 is 5.84 Å². The number of hydrogen-bond donors (Lipinski definition) is 1. The van der Waals surface area contributed by atoms with Crippen molar-refractivity contribution in [1.82, 2.24) is 9.38 Å². The minimum atomic E-state index is -0.957. The lowest BCUT2D eigenvalue weighted by Crippen LogP contribution is -2.49. The maximum atomic E-state index is 9.99. The SMILES string of the molecule is B.CC(C)(O)C(C)(C)Oc1cnc2occn12. The van der Waals surface area contributed by atoms with Crippen LogP contribution in [0.15, 0.2) is 23.1 Å². The Kier molecular flexibility index (Phi) is 3.29. The Bertz CT molecular complexity index is 496. The zero-order valence-electron chi connectivity index (χ0n) is 9.89. The van der Waals surface area contributed by atoms with E-state index in [2.05, 4.69) is 4.98 Å². The Labute approximate surface area is 102 Å². The van der Waals surface area contributed by atoms with Gasteiger partial charge in [-0.05, 0) is 27.7 Å². The molecule has 94 valence electrons. The zero-order chi connectivity index (χ0) is 12.0. The number of nitrogens with zero attached hydrogens (tertiary/aromatic N) is 2. The lowest BCUT2D eigenvalue weighted by molar-refractivity contribution is -0.0929. The second-order valence-electron chi connectivity index (χ2n) is 4.82. The fraction of sp³-hybridized carbons (Fsp3) is 0.545. The highest BCUT2D eigenvalue weighted by atomic mass is 16.5. The molecule has 0 aliphatic carbocycles. The molecule has 0 aliphatic rings. The second-order valence-corrected chi connectivity index (χ2v) is 4.82. The van der Waals surface area contributed by atoms with Crippen LogP contribution in [0.2, 0.25) is 0 Å². The summed E-state index contributed by atoms with van der Waals surface area (Å²) in [5.41, 5.74) is -1.68. The van der Waals surface area contributed by atoms with E-state index in [1.807, 2.05) is 13.8 Å². The van der Waals surface area contributed by atoms with Crippen molar-refractivity contribution < 1.29 is 14.3 Å². The Morgan fingerprint density at radius 2 is 2.00 bits per heavy atom. The predicted molar refractivity (Wildman–Crippen MR) is 68.4 cm³/mol. The van der Waals surface area contributed by atoms with Gasteiger partial charge in [0.1, 0.15) is 11.9 Å². The summed E-state index contributed by atoms with van der Waals surface area (Å²) in [4.78, 5) is 4.03. The van der Waals surface area contributed by atoms with E-state index in [0.717, 1.165) is 0 Å². The summed E-state index contributed by atoms with van der Waals surface area (Å²) >= 11 is 0. The molecule has 2 aromatic heterocycles. The van der Waals surface area contributed by atoms with Gasteiger partial charge in [-0.2, -0.15) is 4.98 Å². The molecule has 6 heteroatoms. The van der Waals surface area contributed by atoms with E-state index in [0.29, 0.717) is 11.7 Å². The highest BCUT2D eigenvalue weighted by Crippen LogP contribution is 2.28. The molecule has 2 rings (SSSR count). The van der Waals surface area contributed by atoms with Crippen molar-refractivity contribution in [3.05, 3.63) is 18.7 Å². The Balaban J connectivity index is 0.00000144. The predicted octanol–water partition coefficient (Wildman–Crippen LogP) is 0.672. The number of rotatable bonds is 3. The van der Waals surface area contributed by atoms with Gasteiger partial charge in [0, 0.05) is 0 Å². The molecule has 5 nitrogen and oxygen atoms in total. The van der Waals surface area contributed by atoms with E-state index >= 15 is 0 Å². The van der Waals surface area contributed by atoms with Crippen LogP contribution in [0.5, 0.6) is 5.88 Å². The van der Waals surface area contributed by atoms with E-state index in [1.54, 1.807) is 30.6 Å². The molecule has 0 aromatic carbocycles. The molecular weight excluding hydrogens is 219 g/mol. The third kappa shape index (κ3) is 2.31. The first kappa shape index (κ1) is 13.6. The van der Waals surface area contributed by atoms with Crippen LogP contribution in [0.4, 0.5) is 0 Å². The average Bonchev–Trinajstić information content (AvgIpc) is 2.67. The average molecular weight is 238 g/mol. The maximum Gasteiger partial charge on any atom is 0.308 e. The largest absolute Gasteiger partial charge is 0.468 e. The van der Waals surface area contributed by atoms with Gasteiger partial charge in [0.2, 0.25) is 5.88 Å². The number of aromatic nitrogens is 2. The standard InChI is InChI=1S/C11H16N2O3.BH3/c1-10(2,14)11(3,4)16-8-7-12-9-13(8)5-6-15-9;/h5-7,14H,1-4H3;1H3. The summed E-state index contributed by atoms with van der Waals surface area (Å²) in [5, 5.41) is 9.99.